The number of aryl methyl sites for hydroxylation is 1. The Labute approximate surface area is 110 Å². The molecule has 0 amide bonds. The lowest BCUT2D eigenvalue weighted by atomic mass is 10.4. The third-order valence-corrected chi connectivity index (χ3v) is 2.60. The summed E-state index contributed by atoms with van der Waals surface area (Å²) in [6.07, 6.45) is 0. The number of hydrogen-bond acceptors (Lipinski definition) is 5. The molecule has 5 nitrogen and oxygen atoms in total. The smallest absolute Gasteiger partial charge is 0.144 e. The standard InChI is InChI=1S/C13H25N5/c1-6-14-12-9-11(2)15-13(16-12)10-18(5)8-7-17(3)4/h9H,6-8,10H2,1-5H3,(H,14,15,16). The van der Waals surface area contributed by atoms with Crippen molar-refractivity contribution in [1.29, 1.82) is 0 Å². The predicted molar refractivity (Wildman–Crippen MR) is 75.8 cm³/mol. The summed E-state index contributed by atoms with van der Waals surface area (Å²) in [6.45, 7) is 7.80. The van der Waals surface area contributed by atoms with Gasteiger partial charge >= 0.3 is 0 Å². The maximum absolute atomic E-state index is 4.51. The van der Waals surface area contributed by atoms with Crippen LogP contribution in [0.25, 0.3) is 0 Å². The lowest BCUT2D eigenvalue weighted by molar-refractivity contribution is 0.271. The van der Waals surface area contributed by atoms with Crippen molar-refractivity contribution < 1.29 is 0 Å². The fraction of sp³-hybridized carbons (Fsp3) is 0.692. The van der Waals surface area contributed by atoms with Crippen LogP contribution < -0.4 is 5.32 Å². The second-order valence-electron chi connectivity index (χ2n) is 4.88. The van der Waals surface area contributed by atoms with E-state index in [1.165, 1.54) is 0 Å². The maximum atomic E-state index is 4.51. The average Bonchev–Trinajstić information content (AvgIpc) is 2.26. The van der Waals surface area contributed by atoms with E-state index in [1.54, 1.807) is 0 Å². The zero-order valence-electron chi connectivity index (χ0n) is 12.2. The Morgan fingerprint density at radius 2 is 1.89 bits per heavy atom. The van der Waals surface area contributed by atoms with Gasteiger partial charge in [-0.05, 0) is 35.0 Å². The number of anilines is 1. The van der Waals surface area contributed by atoms with Crippen molar-refractivity contribution in [3.63, 3.8) is 0 Å². The van der Waals surface area contributed by atoms with E-state index in [0.717, 1.165) is 43.5 Å². The molecule has 0 aliphatic rings. The highest BCUT2D eigenvalue weighted by Crippen LogP contribution is 2.07. The fourth-order valence-corrected chi connectivity index (χ4v) is 1.66. The van der Waals surface area contributed by atoms with Gasteiger partial charge < -0.3 is 10.2 Å². The summed E-state index contributed by atoms with van der Waals surface area (Å²) in [5.41, 5.74) is 1.01. The monoisotopic (exact) mass is 251 g/mol. The second-order valence-corrected chi connectivity index (χ2v) is 4.88. The van der Waals surface area contributed by atoms with Crippen LogP contribution in [0.4, 0.5) is 5.82 Å². The van der Waals surface area contributed by atoms with Gasteiger partial charge in [0.1, 0.15) is 11.6 Å². The zero-order valence-corrected chi connectivity index (χ0v) is 12.2. The van der Waals surface area contributed by atoms with Gasteiger partial charge in [-0.3, -0.25) is 4.90 Å². The number of aromatic nitrogens is 2. The topological polar surface area (TPSA) is 44.3 Å². The largest absolute Gasteiger partial charge is 0.370 e. The van der Waals surface area contributed by atoms with E-state index in [-0.39, 0.29) is 0 Å². The van der Waals surface area contributed by atoms with Crippen LogP contribution in [0.15, 0.2) is 6.07 Å². The molecule has 1 N–H and O–H groups in total. The molecular formula is C13H25N5. The van der Waals surface area contributed by atoms with Crippen LogP contribution in [0.1, 0.15) is 18.4 Å². The Bertz CT molecular complexity index is 364. The fourth-order valence-electron chi connectivity index (χ4n) is 1.66. The minimum absolute atomic E-state index is 0.786. The molecule has 5 heteroatoms. The van der Waals surface area contributed by atoms with Gasteiger partial charge in [-0.25, -0.2) is 9.97 Å². The first-order chi connectivity index (χ1) is 8.51. The average molecular weight is 251 g/mol. The Balaban J connectivity index is 2.60. The molecule has 102 valence electrons. The van der Waals surface area contributed by atoms with Crippen molar-refractivity contribution in [3.8, 4) is 0 Å². The van der Waals surface area contributed by atoms with E-state index in [9.17, 15) is 0 Å². The quantitative estimate of drug-likeness (QED) is 0.789. The molecule has 0 spiro atoms. The number of hydrogen-bond donors (Lipinski definition) is 1. The van der Waals surface area contributed by atoms with Crippen LogP contribution in [0.2, 0.25) is 0 Å². The van der Waals surface area contributed by atoms with E-state index in [4.69, 9.17) is 0 Å². The van der Waals surface area contributed by atoms with Crippen molar-refractivity contribution >= 4 is 5.82 Å². The Morgan fingerprint density at radius 1 is 1.17 bits per heavy atom. The van der Waals surface area contributed by atoms with Gasteiger partial charge in [0.05, 0.1) is 6.54 Å². The van der Waals surface area contributed by atoms with Crippen molar-refractivity contribution in [2.75, 3.05) is 46.1 Å². The van der Waals surface area contributed by atoms with Crippen LogP contribution in [0.5, 0.6) is 0 Å². The minimum Gasteiger partial charge on any atom is -0.370 e. The van der Waals surface area contributed by atoms with Crippen molar-refractivity contribution in [2.45, 2.75) is 20.4 Å². The van der Waals surface area contributed by atoms with Crippen LogP contribution >= 0.6 is 0 Å². The van der Waals surface area contributed by atoms with Gasteiger partial charge in [0.2, 0.25) is 0 Å². The summed E-state index contributed by atoms with van der Waals surface area (Å²) in [4.78, 5) is 13.4. The number of nitrogens with one attached hydrogen (secondary N) is 1. The molecule has 0 unspecified atom stereocenters. The van der Waals surface area contributed by atoms with E-state index in [2.05, 4.69) is 53.2 Å². The van der Waals surface area contributed by atoms with Gasteiger partial charge in [-0.15, -0.1) is 0 Å². The molecule has 1 aromatic heterocycles. The summed E-state index contributed by atoms with van der Waals surface area (Å²) in [5, 5.41) is 3.23. The Hall–Kier alpha value is -1.20. The van der Waals surface area contributed by atoms with Crippen molar-refractivity contribution in [3.05, 3.63) is 17.6 Å². The van der Waals surface area contributed by atoms with Gasteiger partial charge in [0.15, 0.2) is 0 Å². The Kier molecular flexibility index (Phi) is 6.01. The summed E-state index contributed by atoms with van der Waals surface area (Å²) >= 11 is 0. The maximum Gasteiger partial charge on any atom is 0.144 e. The first-order valence-corrected chi connectivity index (χ1v) is 6.43. The molecule has 1 heterocycles. The number of likely N-dealkylation sites (N-methyl/N-ethyl adjacent to an activating group) is 2. The molecule has 18 heavy (non-hydrogen) atoms. The van der Waals surface area contributed by atoms with Crippen molar-refractivity contribution in [1.82, 2.24) is 19.8 Å². The third kappa shape index (κ3) is 5.42. The summed E-state index contributed by atoms with van der Waals surface area (Å²) in [7, 11) is 6.27. The number of rotatable bonds is 7. The van der Waals surface area contributed by atoms with E-state index in [1.807, 2.05) is 13.0 Å². The minimum atomic E-state index is 0.786. The van der Waals surface area contributed by atoms with Crippen LogP contribution in [-0.2, 0) is 6.54 Å². The lowest BCUT2D eigenvalue weighted by Gasteiger charge is -2.18. The van der Waals surface area contributed by atoms with E-state index >= 15 is 0 Å². The molecule has 0 saturated heterocycles. The summed E-state index contributed by atoms with van der Waals surface area (Å²) in [6, 6.07) is 1.98. The predicted octanol–water partition coefficient (Wildman–Crippen LogP) is 1.21. The van der Waals surface area contributed by atoms with Crippen LogP contribution in [-0.4, -0.2) is 60.5 Å². The second kappa shape index (κ2) is 7.28. The normalized spacial score (nSPS) is 11.3. The molecule has 0 bridgehead atoms. The van der Waals surface area contributed by atoms with Gasteiger partial charge in [0.25, 0.3) is 0 Å². The van der Waals surface area contributed by atoms with Gasteiger partial charge in [-0.1, -0.05) is 0 Å². The first kappa shape index (κ1) is 14.9. The van der Waals surface area contributed by atoms with Gasteiger partial charge in [-0.2, -0.15) is 0 Å². The highest BCUT2D eigenvalue weighted by atomic mass is 15.2. The molecule has 0 saturated carbocycles. The molecule has 1 rings (SSSR count). The summed E-state index contributed by atoms with van der Waals surface area (Å²) in [5.74, 6) is 1.80. The van der Waals surface area contributed by atoms with Gasteiger partial charge in [0, 0.05) is 31.4 Å². The third-order valence-electron chi connectivity index (χ3n) is 2.60. The van der Waals surface area contributed by atoms with E-state index in [0.29, 0.717) is 0 Å². The molecule has 0 fully saturated rings. The SMILES string of the molecule is CCNc1cc(C)nc(CN(C)CCN(C)C)n1. The molecule has 0 radical (unpaired) electrons. The zero-order chi connectivity index (χ0) is 13.5. The number of nitrogens with zero attached hydrogens (tertiary/aromatic N) is 4. The molecule has 0 aromatic carbocycles. The highest BCUT2D eigenvalue weighted by Gasteiger charge is 2.06. The molecule has 1 aromatic rings. The van der Waals surface area contributed by atoms with Crippen molar-refractivity contribution in [2.24, 2.45) is 0 Å². The highest BCUT2D eigenvalue weighted by molar-refractivity contribution is 5.35. The molecule has 0 atom stereocenters. The summed E-state index contributed by atoms with van der Waals surface area (Å²) < 4.78 is 0. The molecular weight excluding hydrogens is 226 g/mol. The van der Waals surface area contributed by atoms with Crippen LogP contribution in [0, 0.1) is 6.92 Å². The van der Waals surface area contributed by atoms with E-state index < -0.39 is 0 Å². The Morgan fingerprint density at radius 3 is 2.50 bits per heavy atom. The molecule has 0 aliphatic heterocycles. The molecule has 0 aliphatic carbocycles. The van der Waals surface area contributed by atoms with Crippen LogP contribution in [0.3, 0.4) is 0 Å². The lowest BCUT2D eigenvalue weighted by Crippen LogP contribution is -2.29. The first-order valence-electron chi connectivity index (χ1n) is 6.43.